The van der Waals surface area contributed by atoms with Crippen LogP contribution in [0.2, 0.25) is 5.02 Å². The van der Waals surface area contributed by atoms with Crippen molar-refractivity contribution in [3.63, 3.8) is 0 Å². The molecule has 1 atom stereocenters. The van der Waals surface area contributed by atoms with E-state index in [1.165, 1.54) is 0 Å². The second-order valence-electron chi connectivity index (χ2n) is 7.53. The number of fused-ring (bicyclic) bond motifs is 5. The lowest BCUT2D eigenvalue weighted by Gasteiger charge is -2.24. The van der Waals surface area contributed by atoms with Gasteiger partial charge in [0.25, 0.3) is 0 Å². The molecule has 3 aliphatic heterocycles. The zero-order valence-corrected chi connectivity index (χ0v) is 16.7. The average Bonchev–Trinajstić information content (AvgIpc) is 3.26. The standard InChI is InChI=1S/C23H17ClN2O4/c24-16-5-3-7-25-17(16)12-26-18-6-2-1-4-14(18)23(22(26)27)13-30-19-11-21-20(10-15(19)23)28-8-9-29-21/h1-7,10-11H,8-9,12-13H2. The summed E-state index contributed by atoms with van der Waals surface area (Å²) < 4.78 is 17.5. The Hall–Kier alpha value is -3.25. The summed E-state index contributed by atoms with van der Waals surface area (Å²) in [5, 5.41) is 0.534. The SMILES string of the molecule is O=C1N(Cc2ncccc2Cl)c2ccccc2C12COc1cc3c(cc12)OCCO3. The van der Waals surface area contributed by atoms with Gasteiger partial charge in [-0.2, -0.15) is 0 Å². The third-order valence-corrected chi connectivity index (χ3v) is 6.30. The predicted octanol–water partition coefficient (Wildman–Crippen LogP) is 3.73. The van der Waals surface area contributed by atoms with Crippen LogP contribution in [0, 0.1) is 0 Å². The van der Waals surface area contributed by atoms with Gasteiger partial charge in [-0.25, -0.2) is 0 Å². The Bertz CT molecular complexity index is 1200. The molecule has 1 amide bonds. The van der Waals surface area contributed by atoms with Gasteiger partial charge in [-0.15, -0.1) is 0 Å². The Morgan fingerprint density at radius 2 is 1.77 bits per heavy atom. The molecule has 0 N–H and O–H groups in total. The summed E-state index contributed by atoms with van der Waals surface area (Å²) in [5.74, 6) is 1.88. The zero-order valence-electron chi connectivity index (χ0n) is 15.9. The van der Waals surface area contributed by atoms with Crippen molar-refractivity contribution in [3.8, 4) is 17.2 Å². The number of amides is 1. The van der Waals surface area contributed by atoms with Crippen LogP contribution in [-0.2, 0) is 16.8 Å². The van der Waals surface area contributed by atoms with Crippen LogP contribution in [0.1, 0.15) is 16.8 Å². The summed E-state index contributed by atoms with van der Waals surface area (Å²) in [5.41, 5.74) is 2.29. The maximum Gasteiger partial charge on any atom is 0.246 e. The molecule has 7 heteroatoms. The third kappa shape index (κ3) is 2.31. The van der Waals surface area contributed by atoms with Crippen molar-refractivity contribution in [2.75, 3.05) is 24.7 Å². The molecular weight excluding hydrogens is 404 g/mol. The fraction of sp³-hybridized carbons (Fsp3) is 0.217. The largest absolute Gasteiger partial charge is 0.491 e. The molecule has 150 valence electrons. The van der Waals surface area contributed by atoms with Gasteiger partial charge in [-0.1, -0.05) is 29.8 Å². The van der Waals surface area contributed by atoms with Crippen molar-refractivity contribution >= 4 is 23.2 Å². The average molecular weight is 421 g/mol. The van der Waals surface area contributed by atoms with Crippen LogP contribution in [0.15, 0.2) is 54.7 Å². The fourth-order valence-electron chi connectivity index (χ4n) is 4.55. The van der Waals surface area contributed by atoms with Crippen LogP contribution < -0.4 is 19.1 Å². The summed E-state index contributed by atoms with van der Waals surface area (Å²) in [6.45, 7) is 1.50. The van der Waals surface area contributed by atoms with E-state index >= 15 is 0 Å². The van der Waals surface area contributed by atoms with E-state index in [-0.39, 0.29) is 19.1 Å². The van der Waals surface area contributed by atoms with Crippen molar-refractivity contribution in [2.24, 2.45) is 0 Å². The normalized spacial score (nSPS) is 20.8. The van der Waals surface area contributed by atoms with Gasteiger partial charge in [-0.05, 0) is 29.8 Å². The molecule has 6 rings (SSSR count). The van der Waals surface area contributed by atoms with Crippen molar-refractivity contribution in [1.29, 1.82) is 0 Å². The van der Waals surface area contributed by atoms with Gasteiger partial charge in [0.1, 0.15) is 31.0 Å². The molecule has 30 heavy (non-hydrogen) atoms. The van der Waals surface area contributed by atoms with Crippen molar-refractivity contribution < 1.29 is 19.0 Å². The van der Waals surface area contributed by atoms with Crippen molar-refractivity contribution in [3.05, 3.63) is 76.6 Å². The van der Waals surface area contributed by atoms with Gasteiger partial charge in [0.15, 0.2) is 11.5 Å². The molecule has 4 heterocycles. The quantitative estimate of drug-likeness (QED) is 0.632. The number of benzene rings is 2. The Balaban J connectivity index is 1.50. The number of pyridine rings is 1. The van der Waals surface area contributed by atoms with Crippen LogP contribution in [0.5, 0.6) is 17.2 Å². The molecule has 3 aromatic rings. The molecular formula is C23H17ClN2O4. The molecule has 0 radical (unpaired) electrons. The van der Waals surface area contributed by atoms with E-state index in [0.717, 1.165) is 16.8 Å². The van der Waals surface area contributed by atoms with Crippen LogP contribution >= 0.6 is 11.6 Å². The maximum absolute atomic E-state index is 13.9. The van der Waals surface area contributed by atoms with Gasteiger partial charge >= 0.3 is 0 Å². The third-order valence-electron chi connectivity index (χ3n) is 5.96. The van der Waals surface area contributed by atoms with E-state index in [2.05, 4.69) is 4.98 Å². The lowest BCUT2D eigenvalue weighted by atomic mass is 9.77. The highest BCUT2D eigenvalue weighted by Gasteiger charge is 2.57. The minimum absolute atomic E-state index is 0.0548. The van der Waals surface area contributed by atoms with E-state index in [0.29, 0.717) is 41.2 Å². The molecule has 0 saturated heterocycles. The molecule has 6 nitrogen and oxygen atoms in total. The Morgan fingerprint density at radius 1 is 0.967 bits per heavy atom. The number of hydrogen-bond donors (Lipinski definition) is 0. The second kappa shape index (κ2) is 6.37. The van der Waals surface area contributed by atoms with E-state index in [1.54, 1.807) is 23.2 Å². The summed E-state index contributed by atoms with van der Waals surface area (Å²) in [6, 6.07) is 15.1. The molecule has 1 spiro atoms. The fourth-order valence-corrected chi connectivity index (χ4v) is 4.73. The number of carbonyl (C=O) groups is 1. The van der Waals surface area contributed by atoms with Crippen LogP contribution in [-0.4, -0.2) is 30.7 Å². The van der Waals surface area contributed by atoms with E-state index in [1.807, 2.05) is 36.4 Å². The van der Waals surface area contributed by atoms with E-state index < -0.39 is 5.41 Å². The lowest BCUT2D eigenvalue weighted by molar-refractivity contribution is -0.122. The minimum Gasteiger partial charge on any atom is -0.491 e. The molecule has 1 unspecified atom stereocenters. The first kappa shape index (κ1) is 17.6. The van der Waals surface area contributed by atoms with Gasteiger partial charge in [0.2, 0.25) is 5.91 Å². The Labute approximate surface area is 178 Å². The van der Waals surface area contributed by atoms with Gasteiger partial charge in [0, 0.05) is 23.5 Å². The number of nitrogens with zero attached hydrogens (tertiary/aromatic N) is 2. The number of aromatic nitrogens is 1. The first-order valence-electron chi connectivity index (χ1n) is 9.76. The monoisotopic (exact) mass is 420 g/mol. The highest BCUT2D eigenvalue weighted by molar-refractivity contribution is 6.31. The topological polar surface area (TPSA) is 60.9 Å². The summed E-state index contributed by atoms with van der Waals surface area (Å²) in [4.78, 5) is 20.1. The first-order valence-corrected chi connectivity index (χ1v) is 10.1. The number of anilines is 1. The van der Waals surface area contributed by atoms with E-state index in [4.69, 9.17) is 25.8 Å². The molecule has 0 fully saturated rings. The number of hydrogen-bond acceptors (Lipinski definition) is 5. The van der Waals surface area contributed by atoms with Crippen molar-refractivity contribution in [1.82, 2.24) is 4.98 Å². The Morgan fingerprint density at radius 3 is 2.60 bits per heavy atom. The molecule has 2 aromatic carbocycles. The minimum atomic E-state index is -0.928. The number of ether oxygens (including phenoxy) is 3. The van der Waals surface area contributed by atoms with Gasteiger partial charge in [-0.3, -0.25) is 9.78 Å². The highest BCUT2D eigenvalue weighted by Crippen LogP contribution is 2.55. The molecule has 0 aliphatic carbocycles. The maximum atomic E-state index is 13.9. The van der Waals surface area contributed by atoms with Gasteiger partial charge < -0.3 is 19.1 Å². The first-order chi connectivity index (χ1) is 14.7. The number of halogens is 1. The van der Waals surface area contributed by atoms with Gasteiger partial charge in [0.05, 0.1) is 17.3 Å². The summed E-state index contributed by atoms with van der Waals surface area (Å²) >= 11 is 6.33. The van der Waals surface area contributed by atoms with Crippen LogP contribution in [0.4, 0.5) is 5.69 Å². The van der Waals surface area contributed by atoms with Crippen LogP contribution in [0.3, 0.4) is 0 Å². The molecule has 1 aromatic heterocycles. The summed E-state index contributed by atoms with van der Waals surface area (Å²) in [6.07, 6.45) is 1.68. The Kier molecular flexibility index (Phi) is 3.74. The zero-order chi connectivity index (χ0) is 20.3. The lowest BCUT2D eigenvalue weighted by Crippen LogP contribution is -2.42. The summed E-state index contributed by atoms with van der Waals surface area (Å²) in [7, 11) is 0. The van der Waals surface area contributed by atoms with E-state index in [9.17, 15) is 4.79 Å². The molecule has 3 aliphatic rings. The number of carbonyl (C=O) groups excluding carboxylic acids is 1. The van der Waals surface area contributed by atoms with Crippen molar-refractivity contribution in [2.45, 2.75) is 12.0 Å². The second-order valence-corrected chi connectivity index (χ2v) is 7.93. The van der Waals surface area contributed by atoms with Crippen LogP contribution in [0.25, 0.3) is 0 Å². The number of para-hydroxylation sites is 1. The molecule has 0 bridgehead atoms. The highest BCUT2D eigenvalue weighted by atomic mass is 35.5. The predicted molar refractivity (Wildman–Crippen MR) is 111 cm³/mol. The molecule has 0 saturated carbocycles. The number of rotatable bonds is 2. The smallest absolute Gasteiger partial charge is 0.246 e.